The highest BCUT2D eigenvalue weighted by Crippen LogP contribution is 2.31. The minimum absolute atomic E-state index is 0.0769. The van der Waals surface area contributed by atoms with Gasteiger partial charge in [0.05, 0.1) is 11.7 Å². The molecule has 0 aromatic heterocycles. The summed E-state index contributed by atoms with van der Waals surface area (Å²) in [5.74, 6) is -11.4. The van der Waals surface area contributed by atoms with Gasteiger partial charge in [0.15, 0.2) is 34.9 Å². The lowest BCUT2D eigenvalue weighted by Gasteiger charge is -2.19. The minimum Gasteiger partial charge on any atom is -0.351 e. The molecule has 0 saturated heterocycles. The molecule has 258 valence electrons. The second-order valence-electron chi connectivity index (χ2n) is 11.1. The van der Waals surface area contributed by atoms with Crippen LogP contribution in [0.15, 0.2) is 97.1 Å². The summed E-state index contributed by atoms with van der Waals surface area (Å²) in [5.41, 5.74) is 1.56. The van der Waals surface area contributed by atoms with Crippen LogP contribution in [0.4, 0.5) is 32.0 Å². The smallest absolute Gasteiger partial charge is 0.266 e. The Balaban J connectivity index is 1.39. The van der Waals surface area contributed by atoms with Crippen molar-refractivity contribution in [2.45, 2.75) is 12.3 Å². The van der Waals surface area contributed by atoms with Crippen LogP contribution in [0, 0.1) is 34.9 Å². The molecule has 50 heavy (non-hydrogen) atoms. The number of anilines is 1. The SMILES string of the molecule is O=C(NCCS(=O)(=O)O)c1ccc(CC(C(=O)Nc2ccc(-c3ccc(F)c(F)c3F)cc2)c2ccc(-c3ccc(F)c(F)c3F)cc2)cc1. The number of halogens is 6. The zero-order valence-corrected chi connectivity index (χ0v) is 26.5. The molecule has 0 bridgehead atoms. The van der Waals surface area contributed by atoms with E-state index in [1.807, 2.05) is 0 Å². The second-order valence-corrected chi connectivity index (χ2v) is 12.7. The summed E-state index contributed by atoms with van der Waals surface area (Å²) < 4.78 is 114. The van der Waals surface area contributed by atoms with Gasteiger partial charge in [-0.1, -0.05) is 48.5 Å². The van der Waals surface area contributed by atoms with Gasteiger partial charge in [0.1, 0.15) is 0 Å². The number of amides is 2. The monoisotopic (exact) mass is 712 g/mol. The maximum absolute atomic E-state index is 14.5. The topological polar surface area (TPSA) is 113 Å². The number of hydrogen-bond acceptors (Lipinski definition) is 4. The fraction of sp³-hybridized carbons (Fsp3) is 0.111. The van der Waals surface area contributed by atoms with Gasteiger partial charge in [-0.25, -0.2) is 26.3 Å². The standard InChI is InChI=1S/C36H26F6N2O5S/c37-29-15-13-26(31(39)33(29)41)21-5-7-23(8-6-21)28(19-20-1-3-24(4-2-20)35(45)43-17-18-50(47,48)49)36(46)44-25-11-9-22(10-12-25)27-14-16-30(38)34(42)32(27)40/h1-16,28H,17-19H2,(H,43,45)(H,44,46)(H,47,48,49). The lowest BCUT2D eigenvalue weighted by atomic mass is 9.89. The van der Waals surface area contributed by atoms with Crippen molar-refractivity contribution in [2.75, 3.05) is 17.6 Å². The van der Waals surface area contributed by atoms with E-state index in [9.17, 15) is 44.3 Å². The quantitative estimate of drug-likeness (QED) is 0.0749. The molecule has 0 aliphatic rings. The molecule has 7 nitrogen and oxygen atoms in total. The Bertz CT molecular complexity index is 2160. The van der Waals surface area contributed by atoms with Crippen molar-refractivity contribution in [3.63, 3.8) is 0 Å². The van der Waals surface area contributed by atoms with Crippen molar-refractivity contribution in [1.82, 2.24) is 5.32 Å². The number of nitrogens with one attached hydrogen (secondary N) is 2. The summed E-state index contributed by atoms with van der Waals surface area (Å²) in [6, 6.07) is 21.4. The molecule has 14 heteroatoms. The third kappa shape index (κ3) is 8.39. The van der Waals surface area contributed by atoms with Crippen LogP contribution in [0.5, 0.6) is 0 Å². The number of carbonyl (C=O) groups excluding carboxylic acids is 2. The maximum atomic E-state index is 14.5. The summed E-state index contributed by atoms with van der Waals surface area (Å²) in [4.78, 5) is 26.1. The van der Waals surface area contributed by atoms with Crippen LogP contribution in [0.3, 0.4) is 0 Å². The van der Waals surface area contributed by atoms with Gasteiger partial charge >= 0.3 is 0 Å². The molecule has 0 saturated carbocycles. The first-order valence-corrected chi connectivity index (χ1v) is 16.4. The molecule has 0 heterocycles. The van der Waals surface area contributed by atoms with E-state index in [2.05, 4.69) is 10.6 Å². The average Bonchev–Trinajstić information content (AvgIpc) is 3.09. The largest absolute Gasteiger partial charge is 0.351 e. The lowest BCUT2D eigenvalue weighted by molar-refractivity contribution is -0.117. The molecule has 1 atom stereocenters. The third-order valence-corrected chi connectivity index (χ3v) is 8.50. The maximum Gasteiger partial charge on any atom is 0.266 e. The molecule has 0 aliphatic carbocycles. The Morgan fingerprint density at radius 2 is 1.14 bits per heavy atom. The minimum atomic E-state index is -4.27. The van der Waals surface area contributed by atoms with E-state index in [0.717, 1.165) is 24.3 Å². The summed E-state index contributed by atoms with van der Waals surface area (Å²) in [6.07, 6.45) is 0.0769. The molecule has 5 aromatic carbocycles. The molecule has 1 unspecified atom stereocenters. The van der Waals surface area contributed by atoms with Crippen LogP contribution in [-0.2, 0) is 21.3 Å². The van der Waals surface area contributed by atoms with E-state index in [1.165, 1.54) is 60.7 Å². The molecule has 0 fully saturated rings. The molecule has 2 amide bonds. The summed E-state index contributed by atoms with van der Waals surface area (Å²) in [5, 5.41) is 5.13. The van der Waals surface area contributed by atoms with E-state index in [4.69, 9.17) is 4.55 Å². The molecule has 0 radical (unpaired) electrons. The Morgan fingerprint density at radius 1 is 0.640 bits per heavy atom. The van der Waals surface area contributed by atoms with Crippen LogP contribution >= 0.6 is 0 Å². The van der Waals surface area contributed by atoms with E-state index < -0.39 is 68.5 Å². The fourth-order valence-corrected chi connectivity index (χ4v) is 5.50. The van der Waals surface area contributed by atoms with E-state index >= 15 is 0 Å². The van der Waals surface area contributed by atoms with Crippen molar-refractivity contribution >= 4 is 27.6 Å². The Hall–Kier alpha value is -5.47. The van der Waals surface area contributed by atoms with Gasteiger partial charge in [0.2, 0.25) is 5.91 Å². The molecular weight excluding hydrogens is 686 g/mol. The number of carbonyl (C=O) groups is 2. The van der Waals surface area contributed by atoms with Crippen LogP contribution in [-0.4, -0.2) is 37.1 Å². The first-order valence-electron chi connectivity index (χ1n) is 14.8. The van der Waals surface area contributed by atoms with E-state index in [0.29, 0.717) is 11.1 Å². The van der Waals surface area contributed by atoms with Gasteiger partial charge in [-0.15, -0.1) is 0 Å². The molecular formula is C36H26F6N2O5S. The van der Waals surface area contributed by atoms with Crippen molar-refractivity contribution in [3.05, 3.63) is 149 Å². The average molecular weight is 713 g/mol. The van der Waals surface area contributed by atoms with Crippen molar-refractivity contribution in [3.8, 4) is 22.3 Å². The number of benzene rings is 5. The van der Waals surface area contributed by atoms with Gasteiger partial charge in [-0.2, -0.15) is 8.42 Å². The van der Waals surface area contributed by atoms with E-state index in [1.54, 1.807) is 12.1 Å². The van der Waals surface area contributed by atoms with Crippen LogP contribution < -0.4 is 10.6 Å². The van der Waals surface area contributed by atoms with Gasteiger partial charge in [0, 0.05) is 28.9 Å². The zero-order valence-electron chi connectivity index (χ0n) is 25.7. The van der Waals surface area contributed by atoms with Gasteiger partial charge in [-0.05, 0) is 77.2 Å². The Labute approximate surface area is 282 Å². The van der Waals surface area contributed by atoms with Crippen molar-refractivity contribution < 1.29 is 48.9 Å². The predicted octanol–water partition coefficient (Wildman–Crippen LogP) is 7.44. The van der Waals surface area contributed by atoms with Crippen LogP contribution in [0.2, 0.25) is 0 Å². The Kier molecular flexibility index (Phi) is 10.7. The highest BCUT2D eigenvalue weighted by molar-refractivity contribution is 7.85. The molecule has 0 aliphatic heterocycles. The fourth-order valence-electron chi connectivity index (χ4n) is 5.14. The summed E-state index contributed by atoms with van der Waals surface area (Å²) in [7, 11) is -4.27. The first-order chi connectivity index (χ1) is 23.7. The summed E-state index contributed by atoms with van der Waals surface area (Å²) in [6.45, 7) is -0.317. The zero-order chi connectivity index (χ0) is 36.2. The lowest BCUT2D eigenvalue weighted by Crippen LogP contribution is -2.28. The normalized spacial score (nSPS) is 12.0. The molecule has 5 rings (SSSR count). The van der Waals surface area contributed by atoms with Gasteiger partial charge in [-0.3, -0.25) is 14.1 Å². The second kappa shape index (κ2) is 15.0. The Morgan fingerprint density at radius 3 is 1.64 bits per heavy atom. The molecule has 5 aromatic rings. The van der Waals surface area contributed by atoms with Crippen LogP contribution in [0.1, 0.15) is 27.4 Å². The van der Waals surface area contributed by atoms with E-state index in [-0.39, 0.29) is 46.5 Å². The highest BCUT2D eigenvalue weighted by atomic mass is 32.2. The van der Waals surface area contributed by atoms with Gasteiger partial charge < -0.3 is 10.6 Å². The predicted molar refractivity (Wildman–Crippen MR) is 174 cm³/mol. The third-order valence-electron chi connectivity index (χ3n) is 7.78. The summed E-state index contributed by atoms with van der Waals surface area (Å²) >= 11 is 0. The molecule has 0 spiro atoms. The first kappa shape index (κ1) is 35.8. The number of rotatable bonds is 11. The van der Waals surface area contributed by atoms with Crippen molar-refractivity contribution in [2.24, 2.45) is 0 Å². The highest BCUT2D eigenvalue weighted by Gasteiger charge is 2.23. The van der Waals surface area contributed by atoms with Gasteiger partial charge in [0.25, 0.3) is 16.0 Å². The number of hydrogen-bond donors (Lipinski definition) is 3. The molecule has 3 N–H and O–H groups in total. The van der Waals surface area contributed by atoms with Crippen molar-refractivity contribution in [1.29, 1.82) is 0 Å². The van der Waals surface area contributed by atoms with Crippen LogP contribution in [0.25, 0.3) is 22.3 Å².